The normalized spacial score (nSPS) is 15.6. The van der Waals surface area contributed by atoms with Gasteiger partial charge in [-0.2, -0.15) is 0 Å². The molecule has 0 bridgehead atoms. The van der Waals surface area contributed by atoms with Crippen LogP contribution in [0.15, 0.2) is 11.5 Å². The standard InChI is InChI=1S/C4H5NS.ClHO4/c1-2-5-4-6-3-1;2-1(3,4)5/h1-3H,4H2;(H,2,3,4,5). The molecule has 0 radical (unpaired) electrons. The summed E-state index contributed by atoms with van der Waals surface area (Å²) in [6.07, 6.45) is 3.94. The Kier molecular flexibility index (Phi) is 5.47. The quantitative estimate of drug-likeness (QED) is 0.419. The molecule has 0 saturated heterocycles. The van der Waals surface area contributed by atoms with E-state index in [0.717, 1.165) is 5.88 Å². The minimum absolute atomic E-state index is 1.02. The molecule has 0 fully saturated rings. The summed E-state index contributed by atoms with van der Waals surface area (Å²) in [6.45, 7) is 0. The molecule has 0 spiro atoms. The Bertz CT molecular complexity index is 137. The summed E-state index contributed by atoms with van der Waals surface area (Å²) in [6, 6.07) is 0. The van der Waals surface area contributed by atoms with Crippen LogP contribution < -0.4 is 23.6 Å². The Labute approximate surface area is 69.8 Å². The lowest BCUT2D eigenvalue weighted by Crippen LogP contribution is -2.68. The lowest BCUT2D eigenvalue weighted by molar-refractivity contribution is -2.00. The zero-order valence-corrected chi connectivity index (χ0v) is 6.93. The first-order valence-electron chi connectivity index (χ1n) is 2.45. The summed E-state index contributed by atoms with van der Waals surface area (Å²) in [5.41, 5.74) is 0. The van der Waals surface area contributed by atoms with Crippen LogP contribution in [0.2, 0.25) is 0 Å². The summed E-state index contributed by atoms with van der Waals surface area (Å²) in [5, 5.41) is 2.07. The van der Waals surface area contributed by atoms with Crippen molar-refractivity contribution in [3.05, 3.63) is 11.5 Å². The number of hydrogen-bond donors (Lipinski definition) is 1. The summed E-state index contributed by atoms with van der Waals surface area (Å²) in [4.78, 5) is 3.04. The molecule has 1 rings (SSSR count). The SMILES string of the molecule is C1=CSC[NH+]=C1.[O-][Cl+3]([O-])([O-])[O-]. The average molecular weight is 200 g/mol. The van der Waals surface area contributed by atoms with E-state index in [1.807, 2.05) is 12.3 Å². The van der Waals surface area contributed by atoms with Crippen molar-refractivity contribution in [3.63, 3.8) is 0 Å². The van der Waals surface area contributed by atoms with Gasteiger partial charge in [-0.1, -0.05) is 11.8 Å². The van der Waals surface area contributed by atoms with Gasteiger partial charge in [-0.15, -0.1) is 10.2 Å². The molecule has 0 aromatic heterocycles. The molecular weight excluding hydrogens is 194 g/mol. The fraction of sp³-hybridized carbons (Fsp3) is 0.250. The highest BCUT2D eigenvalue weighted by Crippen LogP contribution is 1.94. The highest BCUT2D eigenvalue weighted by molar-refractivity contribution is 8.01. The van der Waals surface area contributed by atoms with Crippen LogP contribution in [0.4, 0.5) is 0 Å². The van der Waals surface area contributed by atoms with Crippen LogP contribution in [0, 0.1) is 10.2 Å². The van der Waals surface area contributed by atoms with E-state index in [1.165, 1.54) is 0 Å². The second-order valence-electron chi connectivity index (χ2n) is 1.39. The summed E-state index contributed by atoms with van der Waals surface area (Å²) >= 11 is 1.77. The van der Waals surface area contributed by atoms with E-state index in [1.54, 1.807) is 11.8 Å². The van der Waals surface area contributed by atoms with Crippen molar-refractivity contribution < 1.29 is 33.9 Å². The van der Waals surface area contributed by atoms with Gasteiger partial charge >= 0.3 is 0 Å². The maximum absolute atomic E-state index is 8.49. The third-order valence-electron chi connectivity index (χ3n) is 0.556. The van der Waals surface area contributed by atoms with Gasteiger partial charge in [0, 0.05) is 6.08 Å². The fourth-order valence-electron chi connectivity index (χ4n) is 0.307. The zero-order valence-electron chi connectivity index (χ0n) is 5.36. The molecular formula is C4H6ClNO4S. The molecule has 1 heterocycles. The molecule has 0 saturated carbocycles. The first-order chi connectivity index (χ1) is 5.00. The molecule has 1 aliphatic rings. The molecule has 5 nitrogen and oxygen atoms in total. The van der Waals surface area contributed by atoms with E-state index in [0.29, 0.717) is 0 Å². The maximum atomic E-state index is 8.49. The van der Waals surface area contributed by atoms with Gasteiger partial charge in [0.25, 0.3) is 0 Å². The smallest absolute Gasteiger partial charge is 0.191 e. The van der Waals surface area contributed by atoms with Gasteiger partial charge in [-0.3, -0.25) is 0 Å². The van der Waals surface area contributed by atoms with Gasteiger partial charge in [-0.05, 0) is 5.41 Å². The third-order valence-corrected chi connectivity index (χ3v) is 1.24. The highest BCUT2D eigenvalue weighted by atomic mass is 35.7. The van der Waals surface area contributed by atoms with Gasteiger partial charge in [0.1, 0.15) is 0 Å². The van der Waals surface area contributed by atoms with Crippen LogP contribution >= 0.6 is 11.8 Å². The van der Waals surface area contributed by atoms with E-state index in [2.05, 4.69) is 10.4 Å². The minimum Gasteiger partial charge on any atom is -0.238 e. The topological polar surface area (TPSA) is 106 Å². The largest absolute Gasteiger partial charge is 0.238 e. The van der Waals surface area contributed by atoms with Gasteiger partial charge in [0.05, 0.1) is 0 Å². The van der Waals surface area contributed by atoms with Crippen LogP contribution in [0.3, 0.4) is 0 Å². The van der Waals surface area contributed by atoms with Gasteiger partial charge in [0.2, 0.25) is 0 Å². The molecule has 0 amide bonds. The number of allylic oxidation sites excluding steroid dienone is 1. The van der Waals surface area contributed by atoms with Crippen LogP contribution in [0.1, 0.15) is 0 Å². The average Bonchev–Trinajstić information content (AvgIpc) is 1.88. The van der Waals surface area contributed by atoms with E-state index < -0.39 is 10.2 Å². The predicted molar refractivity (Wildman–Crippen MR) is 28.6 cm³/mol. The molecule has 0 aliphatic carbocycles. The Balaban J connectivity index is 0.000000187. The lowest BCUT2D eigenvalue weighted by atomic mass is 10.7. The third kappa shape index (κ3) is 17.7. The minimum atomic E-state index is -4.94. The maximum Gasteiger partial charge on any atom is 0.191 e. The number of halogens is 1. The summed E-state index contributed by atoms with van der Waals surface area (Å²) < 4.78 is 34.0. The molecule has 11 heavy (non-hydrogen) atoms. The van der Waals surface area contributed by atoms with Crippen molar-refractivity contribution >= 4 is 18.0 Å². The van der Waals surface area contributed by atoms with Gasteiger partial charge in [-0.25, -0.2) is 23.6 Å². The molecule has 7 heteroatoms. The predicted octanol–water partition coefficient (Wildman–Crippen LogP) is -5.40. The monoisotopic (exact) mass is 199 g/mol. The molecule has 0 atom stereocenters. The van der Waals surface area contributed by atoms with Crippen molar-refractivity contribution in [2.75, 3.05) is 5.88 Å². The van der Waals surface area contributed by atoms with Crippen molar-refractivity contribution in [2.24, 2.45) is 0 Å². The summed E-state index contributed by atoms with van der Waals surface area (Å²) in [5.74, 6) is 1.02. The lowest BCUT2D eigenvalue weighted by Gasteiger charge is -2.17. The second kappa shape index (κ2) is 5.53. The number of nitrogens with one attached hydrogen (secondary N) is 1. The van der Waals surface area contributed by atoms with Crippen molar-refractivity contribution in [1.82, 2.24) is 0 Å². The van der Waals surface area contributed by atoms with E-state index in [4.69, 9.17) is 18.6 Å². The molecule has 0 unspecified atom stereocenters. The Hall–Kier alpha value is -0.110. The number of rotatable bonds is 0. The van der Waals surface area contributed by atoms with Crippen molar-refractivity contribution in [1.29, 1.82) is 0 Å². The van der Waals surface area contributed by atoms with Crippen LogP contribution in [-0.4, -0.2) is 12.1 Å². The summed E-state index contributed by atoms with van der Waals surface area (Å²) in [7, 11) is -4.94. The van der Waals surface area contributed by atoms with E-state index >= 15 is 0 Å². The van der Waals surface area contributed by atoms with Crippen LogP contribution in [-0.2, 0) is 0 Å². The second-order valence-corrected chi connectivity index (χ2v) is 3.04. The van der Waals surface area contributed by atoms with E-state index in [-0.39, 0.29) is 0 Å². The number of hydrogen-bond acceptors (Lipinski definition) is 5. The highest BCUT2D eigenvalue weighted by Gasteiger charge is 1.84. The van der Waals surface area contributed by atoms with Gasteiger partial charge in [0.15, 0.2) is 12.1 Å². The molecule has 64 valence electrons. The fourth-order valence-corrected chi connectivity index (χ4v) is 0.786. The van der Waals surface area contributed by atoms with E-state index in [9.17, 15) is 0 Å². The molecule has 0 aromatic carbocycles. The van der Waals surface area contributed by atoms with Crippen molar-refractivity contribution in [3.8, 4) is 0 Å². The molecule has 1 N–H and O–H groups in total. The first kappa shape index (κ1) is 10.9. The Morgan fingerprint density at radius 1 is 1.27 bits per heavy atom. The molecule has 0 aromatic rings. The Morgan fingerprint density at radius 3 is 1.91 bits per heavy atom. The first-order valence-corrected chi connectivity index (χ1v) is 4.73. The Morgan fingerprint density at radius 2 is 1.82 bits per heavy atom. The number of thioether (sulfide) groups is 1. The van der Waals surface area contributed by atoms with Crippen LogP contribution in [0.25, 0.3) is 0 Å². The van der Waals surface area contributed by atoms with Crippen LogP contribution in [0.5, 0.6) is 0 Å². The van der Waals surface area contributed by atoms with Gasteiger partial charge < -0.3 is 0 Å². The molecule has 1 aliphatic heterocycles. The van der Waals surface area contributed by atoms with Crippen molar-refractivity contribution in [2.45, 2.75) is 0 Å². The zero-order chi connectivity index (χ0) is 8.74.